The monoisotopic (exact) mass is 403 g/mol. The number of para-hydroxylation sites is 1. The molecular formula is C21H25NO7. The summed E-state index contributed by atoms with van der Waals surface area (Å²) in [6.45, 7) is 9.60. The van der Waals surface area contributed by atoms with E-state index < -0.39 is 23.7 Å². The van der Waals surface area contributed by atoms with Crippen LogP contribution in [0.1, 0.15) is 38.8 Å². The van der Waals surface area contributed by atoms with Crippen LogP contribution in [0.25, 0.3) is 0 Å². The highest BCUT2D eigenvalue weighted by molar-refractivity contribution is 6.24. The first kappa shape index (κ1) is 22.1. The van der Waals surface area contributed by atoms with E-state index in [1.807, 2.05) is 32.0 Å². The van der Waals surface area contributed by atoms with Crippen LogP contribution in [0.5, 0.6) is 0 Å². The van der Waals surface area contributed by atoms with Crippen LogP contribution in [0.2, 0.25) is 0 Å². The second-order valence-corrected chi connectivity index (χ2v) is 6.49. The first-order chi connectivity index (χ1) is 13.6. The van der Waals surface area contributed by atoms with E-state index in [0.29, 0.717) is 5.69 Å². The van der Waals surface area contributed by atoms with Gasteiger partial charge in [0.05, 0.1) is 18.9 Å². The average molecular weight is 403 g/mol. The lowest BCUT2D eigenvalue weighted by Gasteiger charge is -2.25. The van der Waals surface area contributed by atoms with Crippen LogP contribution in [-0.4, -0.2) is 42.8 Å². The minimum atomic E-state index is -1.88. The van der Waals surface area contributed by atoms with Crippen molar-refractivity contribution in [2.75, 3.05) is 13.2 Å². The molecule has 0 fully saturated rings. The first-order valence-corrected chi connectivity index (χ1v) is 9.27. The molecule has 0 spiro atoms. The molecule has 8 heteroatoms. The van der Waals surface area contributed by atoms with Gasteiger partial charge in [0.1, 0.15) is 11.1 Å². The molecule has 8 nitrogen and oxygen atoms in total. The predicted octanol–water partition coefficient (Wildman–Crippen LogP) is 3.07. The zero-order valence-electron chi connectivity index (χ0n) is 17.5. The molecule has 0 N–H and O–H groups in total. The summed E-state index contributed by atoms with van der Waals surface area (Å²) in [5.74, 6) is -4.43. The quantitative estimate of drug-likeness (QED) is 0.531. The van der Waals surface area contributed by atoms with Crippen LogP contribution in [0.15, 0.2) is 34.3 Å². The molecule has 2 rings (SSSR count). The first-order valence-electron chi connectivity index (χ1n) is 9.27. The Hall–Kier alpha value is -3.16. The molecule has 0 bridgehead atoms. The number of carbonyl (C=O) groups is 3. The fraction of sp³-hybridized carbons (Fsp3) is 0.429. The van der Waals surface area contributed by atoms with Gasteiger partial charge in [0, 0.05) is 13.8 Å². The van der Waals surface area contributed by atoms with Gasteiger partial charge in [0.2, 0.25) is 5.90 Å². The van der Waals surface area contributed by atoms with Gasteiger partial charge in [-0.1, -0.05) is 18.2 Å². The maximum absolute atomic E-state index is 12.7. The highest BCUT2D eigenvalue weighted by atomic mass is 16.7. The van der Waals surface area contributed by atoms with Crippen LogP contribution in [0.3, 0.4) is 0 Å². The molecule has 1 atom stereocenters. The van der Waals surface area contributed by atoms with Crippen molar-refractivity contribution < 1.29 is 33.3 Å². The maximum Gasteiger partial charge on any atom is 0.344 e. The lowest BCUT2D eigenvalue weighted by atomic mass is 10.0. The Morgan fingerprint density at radius 3 is 2.10 bits per heavy atom. The molecule has 1 aliphatic rings. The van der Waals surface area contributed by atoms with Gasteiger partial charge in [-0.3, -0.25) is 4.79 Å². The minimum absolute atomic E-state index is 0.0535. The van der Waals surface area contributed by atoms with Gasteiger partial charge in [0.15, 0.2) is 0 Å². The Balaban J connectivity index is 2.76. The number of aryl methyl sites for hydroxylation is 2. The smallest absolute Gasteiger partial charge is 0.344 e. The van der Waals surface area contributed by atoms with E-state index in [2.05, 4.69) is 4.99 Å². The summed E-state index contributed by atoms with van der Waals surface area (Å²) in [6, 6.07) is 5.58. The summed E-state index contributed by atoms with van der Waals surface area (Å²) in [7, 11) is 0. The van der Waals surface area contributed by atoms with E-state index >= 15 is 0 Å². The molecule has 0 aliphatic carbocycles. The second kappa shape index (κ2) is 8.89. The highest BCUT2D eigenvalue weighted by Gasteiger charge is 2.53. The van der Waals surface area contributed by atoms with Gasteiger partial charge in [-0.05, 0) is 38.8 Å². The van der Waals surface area contributed by atoms with Crippen LogP contribution < -0.4 is 0 Å². The SMILES string of the molecule is CCOC(=O)C1=C(C(=O)OCC)C(C)(OC(C)=O)OC1=Nc1c(C)cccc1C. The number of aliphatic imine (C=N–C) groups is 1. The van der Waals surface area contributed by atoms with Crippen molar-refractivity contribution in [3.63, 3.8) is 0 Å². The molecule has 0 saturated heterocycles. The molecule has 0 aromatic heterocycles. The van der Waals surface area contributed by atoms with Gasteiger partial charge >= 0.3 is 17.9 Å². The maximum atomic E-state index is 12.7. The van der Waals surface area contributed by atoms with Crippen molar-refractivity contribution in [3.05, 3.63) is 40.5 Å². The number of carbonyl (C=O) groups excluding carboxylic acids is 3. The summed E-state index contributed by atoms with van der Waals surface area (Å²) in [6.07, 6.45) is 0. The van der Waals surface area contributed by atoms with E-state index in [-0.39, 0.29) is 30.3 Å². The van der Waals surface area contributed by atoms with Crippen LogP contribution >= 0.6 is 0 Å². The fourth-order valence-electron chi connectivity index (χ4n) is 3.01. The Kier molecular flexibility index (Phi) is 6.79. The summed E-state index contributed by atoms with van der Waals surface area (Å²) < 4.78 is 21.2. The zero-order valence-corrected chi connectivity index (χ0v) is 17.5. The summed E-state index contributed by atoms with van der Waals surface area (Å²) in [5.41, 5.74) is 1.75. The molecule has 0 amide bonds. The largest absolute Gasteiger partial charge is 0.462 e. The Bertz CT molecular complexity index is 880. The number of esters is 3. The van der Waals surface area contributed by atoms with Gasteiger partial charge in [-0.25, -0.2) is 14.6 Å². The predicted molar refractivity (Wildman–Crippen MR) is 105 cm³/mol. The van der Waals surface area contributed by atoms with Crippen LogP contribution in [0, 0.1) is 13.8 Å². The molecule has 1 aromatic carbocycles. The molecule has 156 valence electrons. The Morgan fingerprint density at radius 2 is 1.59 bits per heavy atom. The molecule has 0 saturated carbocycles. The normalized spacial score (nSPS) is 19.7. The van der Waals surface area contributed by atoms with Crippen molar-refractivity contribution in [3.8, 4) is 0 Å². The number of ether oxygens (including phenoxy) is 4. The third-order valence-corrected chi connectivity index (χ3v) is 4.16. The summed E-state index contributed by atoms with van der Waals surface area (Å²) in [5, 5.41) is 0. The molecule has 1 heterocycles. The topological polar surface area (TPSA) is 100 Å². The van der Waals surface area contributed by atoms with Crippen LogP contribution in [-0.2, 0) is 33.3 Å². The summed E-state index contributed by atoms with van der Waals surface area (Å²) >= 11 is 0. The van der Waals surface area contributed by atoms with E-state index in [9.17, 15) is 14.4 Å². The minimum Gasteiger partial charge on any atom is -0.462 e. The standard InChI is InChI=1S/C21H25NO7/c1-7-26-19(24)15-16(20(25)27-8-2)21(6,28-14(5)23)29-18(15)22-17-12(3)10-9-11-13(17)4/h9-11H,7-8H2,1-6H3. The Labute approximate surface area is 169 Å². The van der Waals surface area contributed by atoms with E-state index in [0.717, 1.165) is 11.1 Å². The van der Waals surface area contributed by atoms with E-state index in [4.69, 9.17) is 18.9 Å². The molecule has 0 radical (unpaired) electrons. The number of benzene rings is 1. The summed E-state index contributed by atoms with van der Waals surface area (Å²) in [4.78, 5) is 41.5. The third kappa shape index (κ3) is 4.64. The van der Waals surface area contributed by atoms with Crippen molar-refractivity contribution in [2.24, 2.45) is 4.99 Å². The van der Waals surface area contributed by atoms with Crippen molar-refractivity contribution in [1.82, 2.24) is 0 Å². The molecule has 1 aromatic rings. The molecule has 1 aliphatic heterocycles. The number of rotatable bonds is 6. The van der Waals surface area contributed by atoms with Gasteiger partial charge in [0.25, 0.3) is 5.79 Å². The lowest BCUT2D eigenvalue weighted by Crippen LogP contribution is -2.37. The lowest BCUT2D eigenvalue weighted by molar-refractivity contribution is -0.181. The molecular weight excluding hydrogens is 378 g/mol. The third-order valence-electron chi connectivity index (χ3n) is 4.16. The van der Waals surface area contributed by atoms with Crippen molar-refractivity contribution in [1.29, 1.82) is 0 Å². The van der Waals surface area contributed by atoms with Gasteiger partial charge in [-0.2, -0.15) is 0 Å². The van der Waals surface area contributed by atoms with Gasteiger partial charge in [-0.15, -0.1) is 0 Å². The van der Waals surface area contributed by atoms with Crippen molar-refractivity contribution in [2.45, 2.75) is 47.3 Å². The van der Waals surface area contributed by atoms with Crippen LogP contribution in [0.4, 0.5) is 5.69 Å². The number of nitrogens with zero attached hydrogens (tertiary/aromatic N) is 1. The van der Waals surface area contributed by atoms with E-state index in [1.165, 1.54) is 13.8 Å². The number of hydrogen-bond donors (Lipinski definition) is 0. The molecule has 29 heavy (non-hydrogen) atoms. The zero-order chi connectivity index (χ0) is 21.8. The number of hydrogen-bond acceptors (Lipinski definition) is 8. The van der Waals surface area contributed by atoms with Crippen molar-refractivity contribution >= 4 is 29.5 Å². The molecule has 1 unspecified atom stereocenters. The fourth-order valence-corrected chi connectivity index (χ4v) is 3.01. The average Bonchev–Trinajstić information content (AvgIpc) is 2.90. The van der Waals surface area contributed by atoms with Gasteiger partial charge < -0.3 is 18.9 Å². The highest BCUT2D eigenvalue weighted by Crippen LogP contribution is 2.38. The second-order valence-electron chi connectivity index (χ2n) is 6.49. The van der Waals surface area contributed by atoms with E-state index in [1.54, 1.807) is 13.8 Å². The Morgan fingerprint density at radius 1 is 1.03 bits per heavy atom.